The van der Waals surface area contributed by atoms with Crippen LogP contribution in [0.1, 0.15) is 60.3 Å². The molecule has 0 amide bonds. The third kappa shape index (κ3) is 3.72. The lowest BCUT2D eigenvalue weighted by atomic mass is 9.93. The normalized spacial score (nSPS) is 31.1. The Morgan fingerprint density at radius 3 is 2.37 bits per heavy atom. The van der Waals surface area contributed by atoms with Gasteiger partial charge in [0, 0.05) is 31.2 Å². The minimum absolute atomic E-state index is 0.762. The van der Waals surface area contributed by atoms with Crippen molar-refractivity contribution in [3.05, 3.63) is 0 Å². The van der Waals surface area contributed by atoms with Crippen LogP contribution in [0.3, 0.4) is 0 Å². The highest BCUT2D eigenvalue weighted by Gasteiger charge is 2.38. The summed E-state index contributed by atoms with van der Waals surface area (Å²) in [4.78, 5) is 5.61. The van der Waals surface area contributed by atoms with Gasteiger partial charge in [-0.15, -0.1) is 0 Å². The van der Waals surface area contributed by atoms with Gasteiger partial charge in [0.05, 0.1) is 0 Å². The van der Waals surface area contributed by atoms with Crippen LogP contribution >= 0.6 is 0 Å². The minimum Gasteiger partial charge on any atom is -0.298 e. The van der Waals surface area contributed by atoms with Crippen LogP contribution in [0.4, 0.5) is 0 Å². The van der Waals surface area contributed by atoms with Gasteiger partial charge >= 0.3 is 0 Å². The molecule has 0 bridgehead atoms. The molecule has 2 aliphatic rings. The minimum atomic E-state index is 0.762. The second-order valence-corrected chi connectivity index (χ2v) is 7.62. The summed E-state index contributed by atoms with van der Waals surface area (Å²) in [7, 11) is 0. The standard InChI is InChI=1S/C17H34N2/c1-13(2)8-9-15(5)19-11-16-7-6-10-18(16)12-17(19)14(3)4/h13-17H,6-12H2,1-5H3. The third-order valence-electron chi connectivity index (χ3n) is 5.27. The summed E-state index contributed by atoms with van der Waals surface area (Å²) in [6.45, 7) is 16.0. The van der Waals surface area contributed by atoms with Crippen molar-refractivity contribution < 1.29 is 0 Å². The van der Waals surface area contributed by atoms with E-state index in [4.69, 9.17) is 0 Å². The monoisotopic (exact) mass is 266 g/mol. The Hall–Kier alpha value is -0.0800. The van der Waals surface area contributed by atoms with Crippen molar-refractivity contribution in [3.63, 3.8) is 0 Å². The van der Waals surface area contributed by atoms with Crippen molar-refractivity contribution in [1.82, 2.24) is 9.80 Å². The zero-order valence-corrected chi connectivity index (χ0v) is 13.7. The lowest BCUT2D eigenvalue weighted by Gasteiger charge is -2.48. The van der Waals surface area contributed by atoms with Gasteiger partial charge in [-0.25, -0.2) is 0 Å². The topological polar surface area (TPSA) is 6.48 Å². The molecule has 2 aliphatic heterocycles. The molecular weight excluding hydrogens is 232 g/mol. The SMILES string of the molecule is CC(C)CCC(C)N1CC2CCCN2CC1C(C)C. The highest BCUT2D eigenvalue weighted by Crippen LogP contribution is 2.30. The summed E-state index contributed by atoms with van der Waals surface area (Å²) in [6.07, 6.45) is 5.59. The lowest BCUT2D eigenvalue weighted by Crippen LogP contribution is -2.60. The first kappa shape index (κ1) is 15.3. The van der Waals surface area contributed by atoms with Crippen LogP contribution in [0.15, 0.2) is 0 Å². The Kier molecular flexibility index (Phi) is 5.30. The summed E-state index contributed by atoms with van der Waals surface area (Å²) >= 11 is 0. The molecule has 0 radical (unpaired) electrons. The van der Waals surface area contributed by atoms with E-state index in [0.29, 0.717) is 0 Å². The Labute approximate surface area is 120 Å². The molecule has 2 fully saturated rings. The summed E-state index contributed by atoms with van der Waals surface area (Å²) < 4.78 is 0. The van der Waals surface area contributed by atoms with Gasteiger partial charge in [0.15, 0.2) is 0 Å². The van der Waals surface area contributed by atoms with Crippen LogP contribution in [0.5, 0.6) is 0 Å². The fraction of sp³-hybridized carbons (Fsp3) is 1.00. The summed E-state index contributed by atoms with van der Waals surface area (Å²) in [5.74, 6) is 1.62. The number of nitrogens with zero attached hydrogens (tertiary/aromatic N) is 2. The van der Waals surface area contributed by atoms with E-state index >= 15 is 0 Å². The van der Waals surface area contributed by atoms with Crippen LogP contribution in [-0.2, 0) is 0 Å². The van der Waals surface area contributed by atoms with E-state index in [2.05, 4.69) is 44.4 Å². The van der Waals surface area contributed by atoms with Gasteiger partial charge in [-0.2, -0.15) is 0 Å². The van der Waals surface area contributed by atoms with Crippen molar-refractivity contribution >= 4 is 0 Å². The summed E-state index contributed by atoms with van der Waals surface area (Å²) in [6, 6.07) is 2.39. The smallest absolute Gasteiger partial charge is 0.0249 e. The Bertz CT molecular complexity index is 274. The van der Waals surface area contributed by atoms with Crippen molar-refractivity contribution in [3.8, 4) is 0 Å². The second-order valence-electron chi connectivity index (χ2n) is 7.62. The van der Waals surface area contributed by atoms with Gasteiger partial charge in [0.2, 0.25) is 0 Å². The fourth-order valence-electron chi connectivity index (χ4n) is 3.91. The predicted molar refractivity (Wildman–Crippen MR) is 83.5 cm³/mol. The first-order chi connectivity index (χ1) is 8.99. The van der Waals surface area contributed by atoms with Crippen molar-refractivity contribution in [2.24, 2.45) is 11.8 Å². The first-order valence-corrected chi connectivity index (χ1v) is 8.48. The Morgan fingerprint density at radius 2 is 1.74 bits per heavy atom. The number of rotatable bonds is 5. The maximum Gasteiger partial charge on any atom is 0.0249 e. The molecule has 2 nitrogen and oxygen atoms in total. The van der Waals surface area contributed by atoms with Crippen molar-refractivity contribution in [2.75, 3.05) is 19.6 Å². The molecule has 0 saturated carbocycles. The molecular formula is C17H34N2. The number of hydrogen-bond donors (Lipinski definition) is 0. The molecule has 0 aliphatic carbocycles. The maximum absolute atomic E-state index is 2.85. The first-order valence-electron chi connectivity index (χ1n) is 8.48. The molecule has 112 valence electrons. The zero-order chi connectivity index (χ0) is 14.0. The number of fused-ring (bicyclic) bond motifs is 1. The van der Waals surface area contributed by atoms with Crippen molar-refractivity contribution in [1.29, 1.82) is 0 Å². The average Bonchev–Trinajstić information content (AvgIpc) is 2.81. The predicted octanol–water partition coefficient (Wildman–Crippen LogP) is 3.62. The molecule has 3 atom stereocenters. The lowest BCUT2D eigenvalue weighted by molar-refractivity contribution is 0.00147. The molecule has 0 N–H and O–H groups in total. The molecule has 0 aromatic heterocycles. The van der Waals surface area contributed by atoms with E-state index in [-0.39, 0.29) is 0 Å². The maximum atomic E-state index is 2.85. The quantitative estimate of drug-likeness (QED) is 0.750. The van der Waals surface area contributed by atoms with E-state index < -0.39 is 0 Å². The Morgan fingerprint density at radius 1 is 1.00 bits per heavy atom. The van der Waals surface area contributed by atoms with E-state index in [9.17, 15) is 0 Å². The summed E-state index contributed by atoms with van der Waals surface area (Å²) in [5, 5.41) is 0. The second kappa shape index (κ2) is 6.58. The van der Waals surface area contributed by atoms with E-state index in [1.54, 1.807) is 0 Å². The summed E-state index contributed by atoms with van der Waals surface area (Å²) in [5.41, 5.74) is 0. The van der Waals surface area contributed by atoms with Gasteiger partial charge in [-0.1, -0.05) is 27.7 Å². The van der Waals surface area contributed by atoms with Gasteiger partial charge in [0.1, 0.15) is 0 Å². The Balaban J connectivity index is 1.98. The van der Waals surface area contributed by atoms with Crippen LogP contribution in [0.2, 0.25) is 0 Å². The zero-order valence-electron chi connectivity index (χ0n) is 13.7. The molecule has 0 spiro atoms. The van der Waals surface area contributed by atoms with E-state index in [1.165, 1.54) is 45.3 Å². The third-order valence-corrected chi connectivity index (χ3v) is 5.27. The van der Waals surface area contributed by atoms with Crippen LogP contribution in [0, 0.1) is 11.8 Å². The largest absolute Gasteiger partial charge is 0.298 e. The molecule has 2 heterocycles. The molecule has 0 aromatic carbocycles. The van der Waals surface area contributed by atoms with Crippen LogP contribution < -0.4 is 0 Å². The molecule has 2 saturated heterocycles. The molecule has 3 unspecified atom stereocenters. The molecule has 2 rings (SSSR count). The van der Waals surface area contributed by atoms with E-state index in [1.807, 2.05) is 0 Å². The highest BCUT2D eigenvalue weighted by molar-refractivity contribution is 4.94. The van der Waals surface area contributed by atoms with Gasteiger partial charge in [0.25, 0.3) is 0 Å². The van der Waals surface area contributed by atoms with Gasteiger partial charge < -0.3 is 0 Å². The van der Waals surface area contributed by atoms with Crippen LogP contribution in [0.25, 0.3) is 0 Å². The molecule has 2 heteroatoms. The molecule has 0 aromatic rings. The number of piperazine rings is 1. The average molecular weight is 266 g/mol. The molecule has 19 heavy (non-hydrogen) atoms. The van der Waals surface area contributed by atoms with Gasteiger partial charge in [-0.05, 0) is 51.0 Å². The van der Waals surface area contributed by atoms with Crippen molar-refractivity contribution in [2.45, 2.75) is 78.4 Å². The van der Waals surface area contributed by atoms with E-state index in [0.717, 1.165) is 30.0 Å². The van der Waals surface area contributed by atoms with Gasteiger partial charge in [-0.3, -0.25) is 9.80 Å². The fourth-order valence-corrected chi connectivity index (χ4v) is 3.91. The number of hydrogen-bond acceptors (Lipinski definition) is 2. The van der Waals surface area contributed by atoms with Crippen LogP contribution in [-0.4, -0.2) is 47.6 Å². The highest BCUT2D eigenvalue weighted by atomic mass is 15.3.